The van der Waals surface area contributed by atoms with Gasteiger partial charge in [-0.05, 0) is 18.8 Å². The van der Waals surface area contributed by atoms with Crippen molar-refractivity contribution in [3.8, 4) is 0 Å². The van der Waals surface area contributed by atoms with E-state index in [-0.39, 0.29) is 5.60 Å². The molecule has 2 nitrogen and oxygen atoms in total. The predicted molar refractivity (Wildman–Crippen MR) is 28.5 cm³/mol. The van der Waals surface area contributed by atoms with Gasteiger partial charge in [0.1, 0.15) is 5.60 Å². The highest BCUT2D eigenvalue weighted by molar-refractivity contribution is 4.98. The van der Waals surface area contributed by atoms with E-state index in [1.54, 1.807) is 0 Å². The molecule has 2 rings (SSSR count). The molecular formula is C6H10O2. The average Bonchev–Trinajstić information content (AvgIpc) is 2.38. The second kappa shape index (κ2) is 1.25. The summed E-state index contributed by atoms with van der Waals surface area (Å²) in [6, 6.07) is 0. The highest BCUT2D eigenvalue weighted by atomic mass is 16.5. The fourth-order valence-electron chi connectivity index (χ4n) is 1.17. The third-order valence-electron chi connectivity index (χ3n) is 2.04. The monoisotopic (exact) mass is 114 g/mol. The second-order valence-electron chi connectivity index (χ2n) is 2.87. The first-order valence-corrected chi connectivity index (χ1v) is 3.11. The van der Waals surface area contributed by atoms with Crippen LogP contribution in [0.3, 0.4) is 0 Å². The largest absolute Gasteiger partial charge is 0.385 e. The lowest BCUT2D eigenvalue weighted by Gasteiger charge is -2.36. The van der Waals surface area contributed by atoms with Crippen molar-refractivity contribution in [2.45, 2.75) is 18.4 Å². The minimum atomic E-state index is -0.389. The molecule has 0 radical (unpaired) electrons. The van der Waals surface area contributed by atoms with E-state index in [0.717, 1.165) is 0 Å². The van der Waals surface area contributed by atoms with Crippen LogP contribution in [0.1, 0.15) is 12.8 Å². The molecule has 0 atom stereocenters. The van der Waals surface area contributed by atoms with Gasteiger partial charge in [0.15, 0.2) is 0 Å². The molecule has 1 N–H and O–H groups in total. The van der Waals surface area contributed by atoms with Gasteiger partial charge in [0.25, 0.3) is 0 Å². The Morgan fingerprint density at radius 2 is 2.00 bits per heavy atom. The molecule has 1 aliphatic heterocycles. The topological polar surface area (TPSA) is 29.5 Å². The molecule has 0 aromatic carbocycles. The van der Waals surface area contributed by atoms with Gasteiger partial charge in [0.05, 0.1) is 13.2 Å². The van der Waals surface area contributed by atoms with Crippen molar-refractivity contribution < 1.29 is 9.84 Å². The van der Waals surface area contributed by atoms with E-state index in [4.69, 9.17) is 4.74 Å². The summed E-state index contributed by atoms with van der Waals surface area (Å²) < 4.78 is 4.89. The molecule has 1 aliphatic carbocycles. The van der Waals surface area contributed by atoms with Crippen molar-refractivity contribution in [2.75, 3.05) is 13.2 Å². The Morgan fingerprint density at radius 1 is 1.38 bits per heavy atom. The minimum Gasteiger partial charge on any atom is -0.385 e. The summed E-state index contributed by atoms with van der Waals surface area (Å²) in [6.45, 7) is 1.16. The van der Waals surface area contributed by atoms with Crippen LogP contribution in [0.2, 0.25) is 0 Å². The van der Waals surface area contributed by atoms with Crippen LogP contribution >= 0.6 is 0 Å². The lowest BCUT2D eigenvalue weighted by atomic mass is 9.96. The van der Waals surface area contributed by atoms with E-state index in [1.807, 2.05) is 0 Å². The Hall–Kier alpha value is -0.0800. The zero-order valence-corrected chi connectivity index (χ0v) is 4.76. The standard InChI is InChI=1S/C6H10O2/c7-6(3-8-4-6)5-1-2-5/h5,7H,1-4H2. The van der Waals surface area contributed by atoms with Crippen molar-refractivity contribution >= 4 is 0 Å². The quantitative estimate of drug-likeness (QED) is 0.526. The Kier molecular flexibility index (Phi) is 0.746. The maximum Gasteiger partial charge on any atom is 0.114 e. The zero-order valence-electron chi connectivity index (χ0n) is 4.76. The van der Waals surface area contributed by atoms with Crippen LogP contribution in [0.4, 0.5) is 0 Å². The van der Waals surface area contributed by atoms with Gasteiger partial charge < -0.3 is 9.84 Å². The van der Waals surface area contributed by atoms with Crippen molar-refractivity contribution in [1.29, 1.82) is 0 Å². The maximum absolute atomic E-state index is 9.42. The van der Waals surface area contributed by atoms with Gasteiger partial charge in [-0.3, -0.25) is 0 Å². The molecule has 8 heavy (non-hydrogen) atoms. The van der Waals surface area contributed by atoms with Gasteiger partial charge in [0, 0.05) is 0 Å². The number of hydrogen-bond donors (Lipinski definition) is 1. The van der Waals surface area contributed by atoms with Gasteiger partial charge in [-0.25, -0.2) is 0 Å². The third-order valence-corrected chi connectivity index (χ3v) is 2.04. The summed E-state index contributed by atoms with van der Waals surface area (Å²) in [5, 5.41) is 9.42. The molecular weight excluding hydrogens is 104 g/mol. The maximum atomic E-state index is 9.42. The summed E-state index contributed by atoms with van der Waals surface area (Å²) in [6.07, 6.45) is 2.42. The molecule has 0 spiro atoms. The zero-order chi connectivity index (χ0) is 5.61. The first kappa shape index (κ1) is 4.77. The highest BCUT2D eigenvalue weighted by Crippen LogP contribution is 2.43. The second-order valence-corrected chi connectivity index (χ2v) is 2.87. The van der Waals surface area contributed by atoms with Crippen LogP contribution in [-0.4, -0.2) is 23.9 Å². The lowest BCUT2D eigenvalue weighted by Crippen LogP contribution is -2.51. The van der Waals surface area contributed by atoms with Gasteiger partial charge in [-0.1, -0.05) is 0 Å². The van der Waals surface area contributed by atoms with Gasteiger partial charge >= 0.3 is 0 Å². The van der Waals surface area contributed by atoms with Crippen molar-refractivity contribution in [2.24, 2.45) is 5.92 Å². The molecule has 2 aliphatic rings. The van der Waals surface area contributed by atoms with Gasteiger partial charge in [-0.2, -0.15) is 0 Å². The van der Waals surface area contributed by atoms with Crippen LogP contribution in [0, 0.1) is 5.92 Å². The van der Waals surface area contributed by atoms with E-state index in [9.17, 15) is 5.11 Å². The van der Waals surface area contributed by atoms with Crippen LogP contribution in [0.15, 0.2) is 0 Å². The first-order chi connectivity index (χ1) is 3.81. The van der Waals surface area contributed by atoms with E-state index in [2.05, 4.69) is 0 Å². The Labute approximate surface area is 48.5 Å². The molecule has 0 amide bonds. The van der Waals surface area contributed by atoms with Crippen LogP contribution < -0.4 is 0 Å². The number of rotatable bonds is 1. The van der Waals surface area contributed by atoms with E-state index in [1.165, 1.54) is 12.8 Å². The summed E-state index contributed by atoms with van der Waals surface area (Å²) >= 11 is 0. The fourth-order valence-corrected chi connectivity index (χ4v) is 1.17. The third kappa shape index (κ3) is 0.501. The minimum absolute atomic E-state index is 0.389. The molecule has 2 fully saturated rings. The van der Waals surface area contributed by atoms with E-state index in [0.29, 0.717) is 19.1 Å². The summed E-state index contributed by atoms with van der Waals surface area (Å²) in [4.78, 5) is 0. The summed E-state index contributed by atoms with van der Waals surface area (Å²) in [7, 11) is 0. The lowest BCUT2D eigenvalue weighted by molar-refractivity contribution is -0.189. The normalized spacial score (nSPS) is 34.1. The van der Waals surface area contributed by atoms with E-state index < -0.39 is 0 Å². The Morgan fingerprint density at radius 3 is 2.12 bits per heavy atom. The molecule has 0 aromatic heterocycles. The van der Waals surface area contributed by atoms with Gasteiger partial charge in [0.2, 0.25) is 0 Å². The number of hydrogen-bond acceptors (Lipinski definition) is 2. The Bertz CT molecular complexity index is 103. The van der Waals surface area contributed by atoms with Crippen molar-refractivity contribution in [1.82, 2.24) is 0 Å². The van der Waals surface area contributed by atoms with E-state index >= 15 is 0 Å². The van der Waals surface area contributed by atoms with Gasteiger partial charge in [-0.15, -0.1) is 0 Å². The number of ether oxygens (including phenoxy) is 1. The molecule has 0 aromatic rings. The first-order valence-electron chi connectivity index (χ1n) is 3.11. The average molecular weight is 114 g/mol. The molecule has 2 heteroatoms. The molecule has 1 heterocycles. The highest BCUT2D eigenvalue weighted by Gasteiger charge is 2.49. The Balaban J connectivity index is 1.99. The summed E-state index contributed by atoms with van der Waals surface area (Å²) in [5.74, 6) is 0.580. The molecule has 46 valence electrons. The molecule has 0 unspecified atom stereocenters. The molecule has 0 bridgehead atoms. The summed E-state index contributed by atoms with van der Waals surface area (Å²) in [5.41, 5.74) is -0.389. The fraction of sp³-hybridized carbons (Fsp3) is 1.00. The molecule has 1 saturated carbocycles. The predicted octanol–water partition coefficient (Wildman–Crippen LogP) is 0.158. The van der Waals surface area contributed by atoms with Crippen LogP contribution in [0.5, 0.6) is 0 Å². The van der Waals surface area contributed by atoms with Crippen LogP contribution in [0.25, 0.3) is 0 Å². The number of aliphatic hydroxyl groups is 1. The smallest absolute Gasteiger partial charge is 0.114 e. The SMILES string of the molecule is OC1(C2CC2)COC1. The van der Waals surface area contributed by atoms with Crippen LogP contribution in [-0.2, 0) is 4.74 Å². The molecule has 1 saturated heterocycles. The van der Waals surface area contributed by atoms with Crippen molar-refractivity contribution in [3.05, 3.63) is 0 Å². The van der Waals surface area contributed by atoms with Crippen molar-refractivity contribution in [3.63, 3.8) is 0 Å².